The monoisotopic (exact) mass is 245 g/mol. The fraction of sp³-hybridized carbons (Fsp3) is 0.364. The summed E-state index contributed by atoms with van der Waals surface area (Å²) in [5, 5.41) is -0.00295. The van der Waals surface area contributed by atoms with Crippen molar-refractivity contribution in [3.8, 4) is 0 Å². The van der Waals surface area contributed by atoms with Crippen LogP contribution >= 0.6 is 11.6 Å². The maximum Gasteiger partial charge on any atom is 0.307 e. The van der Waals surface area contributed by atoms with Gasteiger partial charge in [-0.05, 0) is 24.6 Å². The van der Waals surface area contributed by atoms with E-state index in [1.165, 1.54) is 18.2 Å². The summed E-state index contributed by atoms with van der Waals surface area (Å²) >= 11 is 5.61. The van der Waals surface area contributed by atoms with Gasteiger partial charge in [-0.1, -0.05) is 17.7 Å². The number of rotatable bonds is 4. The predicted octanol–water partition coefficient (Wildman–Crippen LogP) is 2.43. The molecule has 0 aliphatic heterocycles. The number of hydrogen-bond acceptors (Lipinski definition) is 3. The van der Waals surface area contributed by atoms with E-state index in [4.69, 9.17) is 22.1 Å². The van der Waals surface area contributed by atoms with E-state index in [9.17, 15) is 9.18 Å². The van der Waals surface area contributed by atoms with Crippen molar-refractivity contribution in [1.82, 2.24) is 0 Å². The molecule has 5 heteroatoms. The zero-order valence-electron chi connectivity index (χ0n) is 8.87. The second-order valence-corrected chi connectivity index (χ2v) is 3.70. The molecule has 0 bridgehead atoms. The summed E-state index contributed by atoms with van der Waals surface area (Å²) < 4.78 is 17.6. The van der Waals surface area contributed by atoms with Gasteiger partial charge in [0, 0.05) is 6.04 Å². The average molecular weight is 246 g/mol. The smallest absolute Gasteiger partial charge is 0.307 e. The first-order chi connectivity index (χ1) is 7.54. The van der Waals surface area contributed by atoms with E-state index in [2.05, 4.69) is 0 Å². The summed E-state index contributed by atoms with van der Waals surface area (Å²) in [6.07, 6.45) is 0.0514. The molecule has 1 atom stereocenters. The molecule has 88 valence electrons. The van der Waals surface area contributed by atoms with Crippen molar-refractivity contribution in [2.75, 3.05) is 6.61 Å². The molecular weight excluding hydrogens is 233 g/mol. The number of carbonyl (C=O) groups is 1. The standard InChI is InChI=1S/C11H13ClFNO2/c1-2-16-11(15)6-10(14)7-3-4-9(13)8(12)5-7/h3-5,10H,2,6,14H2,1H3/t10-/m0/s1. The van der Waals surface area contributed by atoms with Crippen molar-refractivity contribution in [2.24, 2.45) is 5.73 Å². The first-order valence-electron chi connectivity index (χ1n) is 4.90. The minimum Gasteiger partial charge on any atom is -0.466 e. The van der Waals surface area contributed by atoms with E-state index >= 15 is 0 Å². The van der Waals surface area contributed by atoms with Crippen LogP contribution in [0.5, 0.6) is 0 Å². The maximum absolute atomic E-state index is 12.9. The molecule has 16 heavy (non-hydrogen) atoms. The molecule has 0 spiro atoms. The van der Waals surface area contributed by atoms with Gasteiger partial charge in [0.15, 0.2) is 0 Å². The van der Waals surface area contributed by atoms with Crippen molar-refractivity contribution in [1.29, 1.82) is 0 Å². The Morgan fingerprint density at radius 1 is 1.62 bits per heavy atom. The van der Waals surface area contributed by atoms with Crippen molar-refractivity contribution >= 4 is 17.6 Å². The van der Waals surface area contributed by atoms with Crippen molar-refractivity contribution in [3.63, 3.8) is 0 Å². The predicted molar refractivity (Wildman–Crippen MR) is 59.6 cm³/mol. The van der Waals surface area contributed by atoms with E-state index in [-0.39, 0.29) is 17.4 Å². The number of ether oxygens (including phenoxy) is 1. The fourth-order valence-electron chi connectivity index (χ4n) is 1.26. The van der Waals surface area contributed by atoms with E-state index in [0.29, 0.717) is 12.2 Å². The van der Waals surface area contributed by atoms with E-state index in [1.54, 1.807) is 6.92 Å². The van der Waals surface area contributed by atoms with Gasteiger partial charge in [0.1, 0.15) is 5.82 Å². The molecule has 0 saturated carbocycles. The van der Waals surface area contributed by atoms with Gasteiger partial charge in [-0.25, -0.2) is 4.39 Å². The molecule has 0 amide bonds. The van der Waals surface area contributed by atoms with Gasteiger partial charge in [-0.15, -0.1) is 0 Å². The zero-order valence-corrected chi connectivity index (χ0v) is 9.63. The molecule has 0 heterocycles. The summed E-state index contributed by atoms with van der Waals surface area (Å²) in [6.45, 7) is 2.04. The molecule has 0 aliphatic carbocycles. The summed E-state index contributed by atoms with van der Waals surface area (Å²) in [4.78, 5) is 11.2. The van der Waals surface area contributed by atoms with Crippen LogP contribution in [0.3, 0.4) is 0 Å². The van der Waals surface area contributed by atoms with Crippen molar-refractivity contribution in [3.05, 3.63) is 34.6 Å². The van der Waals surface area contributed by atoms with Crippen LogP contribution in [0.25, 0.3) is 0 Å². The van der Waals surface area contributed by atoms with Crippen molar-refractivity contribution in [2.45, 2.75) is 19.4 Å². The molecule has 0 fully saturated rings. The maximum atomic E-state index is 12.9. The van der Waals surface area contributed by atoms with Crippen molar-refractivity contribution < 1.29 is 13.9 Å². The lowest BCUT2D eigenvalue weighted by molar-refractivity contribution is -0.143. The van der Waals surface area contributed by atoms with Gasteiger partial charge < -0.3 is 10.5 Å². The Morgan fingerprint density at radius 2 is 2.31 bits per heavy atom. The number of hydrogen-bond donors (Lipinski definition) is 1. The highest BCUT2D eigenvalue weighted by Crippen LogP contribution is 2.21. The third-order valence-corrected chi connectivity index (χ3v) is 2.35. The van der Waals surface area contributed by atoms with Crippen LogP contribution < -0.4 is 5.73 Å². The lowest BCUT2D eigenvalue weighted by Crippen LogP contribution is -2.17. The lowest BCUT2D eigenvalue weighted by Gasteiger charge is -2.11. The second-order valence-electron chi connectivity index (χ2n) is 3.29. The third-order valence-electron chi connectivity index (χ3n) is 2.06. The van der Waals surface area contributed by atoms with Gasteiger partial charge in [0.05, 0.1) is 18.1 Å². The summed E-state index contributed by atoms with van der Waals surface area (Å²) in [6, 6.07) is 3.62. The lowest BCUT2D eigenvalue weighted by atomic mass is 10.0. The quantitative estimate of drug-likeness (QED) is 0.829. The number of benzene rings is 1. The van der Waals surface area contributed by atoms with E-state index < -0.39 is 11.9 Å². The first-order valence-corrected chi connectivity index (χ1v) is 5.28. The topological polar surface area (TPSA) is 52.3 Å². The summed E-state index contributed by atoms with van der Waals surface area (Å²) in [7, 11) is 0. The van der Waals surface area contributed by atoms with Crippen LogP contribution in [0.4, 0.5) is 4.39 Å². The Morgan fingerprint density at radius 3 is 2.88 bits per heavy atom. The third kappa shape index (κ3) is 3.47. The number of halogens is 2. The molecule has 0 unspecified atom stereocenters. The second kappa shape index (κ2) is 5.82. The molecule has 1 aromatic carbocycles. The highest BCUT2D eigenvalue weighted by molar-refractivity contribution is 6.30. The van der Waals surface area contributed by atoms with Crippen LogP contribution in [0.15, 0.2) is 18.2 Å². The fourth-order valence-corrected chi connectivity index (χ4v) is 1.45. The summed E-state index contributed by atoms with van der Waals surface area (Å²) in [5.74, 6) is -0.885. The SMILES string of the molecule is CCOC(=O)C[C@H](N)c1ccc(F)c(Cl)c1. The van der Waals surface area contributed by atoms with Gasteiger partial charge >= 0.3 is 5.97 Å². The minimum atomic E-state index is -0.530. The molecule has 0 aromatic heterocycles. The van der Waals surface area contributed by atoms with Crippen LogP contribution in [-0.4, -0.2) is 12.6 Å². The number of nitrogens with two attached hydrogens (primary N) is 1. The van der Waals surface area contributed by atoms with Gasteiger partial charge in [0.2, 0.25) is 0 Å². The summed E-state index contributed by atoms with van der Waals surface area (Å²) in [5.41, 5.74) is 6.37. The Bertz CT molecular complexity index is 384. The van der Waals surface area contributed by atoms with Crippen LogP contribution in [0.2, 0.25) is 5.02 Å². The Hall–Kier alpha value is -1.13. The zero-order chi connectivity index (χ0) is 12.1. The minimum absolute atomic E-state index is 0.00295. The van der Waals surface area contributed by atoms with Crippen LogP contribution in [0.1, 0.15) is 24.9 Å². The normalized spacial score (nSPS) is 12.2. The molecule has 0 aliphatic rings. The number of carbonyl (C=O) groups excluding carboxylic acids is 1. The van der Waals surface area contributed by atoms with Gasteiger partial charge in [-0.3, -0.25) is 4.79 Å². The number of esters is 1. The Balaban J connectivity index is 2.69. The first kappa shape index (κ1) is 12.9. The van der Waals surface area contributed by atoms with Gasteiger partial charge in [-0.2, -0.15) is 0 Å². The highest BCUT2D eigenvalue weighted by atomic mass is 35.5. The molecule has 1 rings (SSSR count). The van der Waals surface area contributed by atoms with Gasteiger partial charge in [0.25, 0.3) is 0 Å². The van der Waals surface area contributed by atoms with Crippen LogP contribution in [-0.2, 0) is 9.53 Å². The van der Waals surface area contributed by atoms with Crippen LogP contribution in [0, 0.1) is 5.82 Å². The molecule has 3 nitrogen and oxygen atoms in total. The Kier molecular flexibility index (Phi) is 4.71. The molecule has 0 saturated heterocycles. The molecule has 1 aromatic rings. The van der Waals surface area contributed by atoms with E-state index in [0.717, 1.165) is 0 Å². The Labute approximate surface area is 98.3 Å². The highest BCUT2D eigenvalue weighted by Gasteiger charge is 2.13. The molecule has 0 radical (unpaired) electrons. The van der Waals surface area contributed by atoms with E-state index in [1.807, 2.05) is 0 Å². The average Bonchev–Trinajstić information content (AvgIpc) is 2.22. The molecule has 2 N–H and O–H groups in total. The molecular formula is C11H13ClFNO2. The largest absolute Gasteiger partial charge is 0.466 e.